The van der Waals surface area contributed by atoms with E-state index in [1.54, 1.807) is 16.8 Å². The zero-order chi connectivity index (χ0) is 28.9. The molecular weight excluding hydrogens is 570 g/mol. The Bertz CT molecular complexity index is 1910. The van der Waals surface area contributed by atoms with Gasteiger partial charge in [0, 0.05) is 28.8 Å². The highest BCUT2D eigenvalue weighted by Gasteiger charge is 2.34. The van der Waals surface area contributed by atoms with Crippen molar-refractivity contribution in [3.05, 3.63) is 106 Å². The number of carboxylic acid groups (broad SMARTS) is 1. The lowest BCUT2D eigenvalue weighted by Crippen LogP contribution is -2.12. The van der Waals surface area contributed by atoms with Crippen LogP contribution in [0.2, 0.25) is 0 Å². The van der Waals surface area contributed by atoms with Crippen LogP contribution in [-0.4, -0.2) is 34.3 Å². The van der Waals surface area contributed by atoms with Gasteiger partial charge in [-0.3, -0.25) is 0 Å². The number of carbonyl (C=O) groups is 1. The first-order valence-corrected chi connectivity index (χ1v) is 15.0. The Hall–Kier alpha value is -4.26. The van der Waals surface area contributed by atoms with Crippen molar-refractivity contribution in [1.29, 1.82) is 0 Å². The maximum absolute atomic E-state index is 15.2. The highest BCUT2D eigenvalue weighted by molar-refractivity contribution is 7.89. The van der Waals surface area contributed by atoms with Crippen LogP contribution in [0.4, 0.5) is 8.78 Å². The second kappa shape index (κ2) is 10.3. The number of nitrogens with zero attached hydrogens (tertiary/aromatic N) is 3. The van der Waals surface area contributed by atoms with E-state index >= 15 is 4.39 Å². The van der Waals surface area contributed by atoms with Crippen LogP contribution in [0.1, 0.15) is 46.1 Å². The van der Waals surface area contributed by atoms with E-state index < -0.39 is 21.8 Å². The normalized spacial score (nSPS) is 13.4. The minimum absolute atomic E-state index is 0.0931. The van der Waals surface area contributed by atoms with Gasteiger partial charge in [0.2, 0.25) is 15.2 Å². The van der Waals surface area contributed by atoms with Gasteiger partial charge in [-0.2, -0.15) is 5.10 Å². The van der Waals surface area contributed by atoms with Crippen LogP contribution < -0.4 is 5.14 Å². The number of rotatable bonds is 8. The Morgan fingerprint density at radius 3 is 2.39 bits per heavy atom. The summed E-state index contributed by atoms with van der Waals surface area (Å²) in [5.74, 6) is -2.12. The fourth-order valence-electron chi connectivity index (χ4n) is 4.78. The predicted octanol–water partition coefficient (Wildman–Crippen LogP) is 5.75. The van der Waals surface area contributed by atoms with E-state index in [0.29, 0.717) is 10.8 Å². The molecule has 0 bridgehead atoms. The Morgan fingerprint density at radius 2 is 1.76 bits per heavy atom. The maximum Gasteiger partial charge on any atom is 0.355 e. The molecule has 0 saturated heterocycles. The number of carboxylic acids is 1. The Labute approximate surface area is 237 Å². The highest BCUT2D eigenvalue weighted by Crippen LogP contribution is 2.46. The van der Waals surface area contributed by atoms with E-state index in [0.717, 1.165) is 58.2 Å². The number of hydrogen-bond acceptors (Lipinski definition) is 6. The van der Waals surface area contributed by atoms with E-state index in [1.807, 2.05) is 24.3 Å². The monoisotopic (exact) mass is 592 g/mol. The number of aromatic carboxylic acids is 1. The molecule has 0 unspecified atom stereocenters. The summed E-state index contributed by atoms with van der Waals surface area (Å²) in [7, 11) is -4.08. The molecule has 12 heteroatoms. The molecule has 0 aliphatic heterocycles. The van der Waals surface area contributed by atoms with Gasteiger partial charge in [-0.1, -0.05) is 36.4 Å². The molecule has 8 nitrogen and oxygen atoms in total. The van der Waals surface area contributed by atoms with Crippen LogP contribution in [0.5, 0.6) is 0 Å². The molecule has 0 radical (unpaired) electrons. The third-order valence-electron chi connectivity index (χ3n) is 6.91. The quantitative estimate of drug-likeness (QED) is 0.236. The van der Waals surface area contributed by atoms with Crippen molar-refractivity contribution in [3.63, 3.8) is 0 Å². The minimum Gasteiger partial charge on any atom is -0.476 e. The van der Waals surface area contributed by atoms with Gasteiger partial charge < -0.3 is 5.11 Å². The van der Waals surface area contributed by atoms with E-state index in [1.165, 1.54) is 29.6 Å². The van der Waals surface area contributed by atoms with Crippen LogP contribution in [0.3, 0.4) is 0 Å². The van der Waals surface area contributed by atoms with Gasteiger partial charge in [0.05, 0.1) is 16.3 Å². The van der Waals surface area contributed by atoms with Crippen molar-refractivity contribution >= 4 is 27.3 Å². The van der Waals surface area contributed by atoms with Crippen LogP contribution in [0.25, 0.3) is 27.5 Å². The van der Waals surface area contributed by atoms with E-state index in [2.05, 4.69) is 4.98 Å². The number of primary sulfonamides is 1. The lowest BCUT2D eigenvalue weighted by atomic mass is 9.95. The van der Waals surface area contributed by atoms with Crippen LogP contribution in [0, 0.1) is 11.6 Å². The second-order valence-corrected chi connectivity index (χ2v) is 12.2. The van der Waals surface area contributed by atoms with E-state index in [-0.39, 0.29) is 34.3 Å². The average Bonchev–Trinajstić information content (AvgIpc) is 3.52. The summed E-state index contributed by atoms with van der Waals surface area (Å²) in [6.07, 6.45) is 1.84. The van der Waals surface area contributed by atoms with E-state index in [9.17, 15) is 22.7 Å². The molecule has 2 aromatic heterocycles. The van der Waals surface area contributed by atoms with Gasteiger partial charge in [-0.05, 0) is 59.9 Å². The van der Waals surface area contributed by atoms with E-state index in [4.69, 9.17) is 10.2 Å². The zero-order valence-corrected chi connectivity index (χ0v) is 22.9. The largest absolute Gasteiger partial charge is 0.476 e. The first-order valence-electron chi connectivity index (χ1n) is 12.6. The summed E-state index contributed by atoms with van der Waals surface area (Å²) < 4.78 is 53.9. The predicted molar refractivity (Wildman–Crippen MR) is 150 cm³/mol. The van der Waals surface area contributed by atoms with Crippen LogP contribution in [0.15, 0.2) is 77.0 Å². The van der Waals surface area contributed by atoms with Crippen molar-refractivity contribution in [2.45, 2.75) is 30.1 Å². The molecule has 0 spiro atoms. The van der Waals surface area contributed by atoms with Crippen molar-refractivity contribution in [2.75, 3.05) is 0 Å². The zero-order valence-electron chi connectivity index (χ0n) is 21.3. The summed E-state index contributed by atoms with van der Waals surface area (Å²) in [5.41, 5.74) is 4.56. The lowest BCUT2D eigenvalue weighted by molar-refractivity contribution is 0.0691. The standard InChI is InChI=1S/C29H22F2N4O4S2/c30-21-9-6-16(7-10-21)18-2-1-3-20(12-18)26-23(13-19-8-11-22(14-24(19)31)41(32,38)39)27(17-4-5-17)35(34-26)29-33-25(15-40-29)28(36)37/h1-3,6-12,14-15,17H,4-5,13H2,(H,36,37)(H2,32,38,39). The molecule has 1 saturated carbocycles. The minimum atomic E-state index is -4.08. The molecule has 3 N–H and O–H groups in total. The highest BCUT2D eigenvalue weighted by atomic mass is 32.2. The average molecular weight is 593 g/mol. The Kier molecular flexibility index (Phi) is 6.76. The molecule has 3 aromatic carbocycles. The number of aromatic nitrogens is 3. The van der Waals surface area contributed by atoms with Gasteiger partial charge in [-0.15, -0.1) is 11.3 Å². The first kappa shape index (κ1) is 26.9. The molecule has 2 heterocycles. The van der Waals surface area contributed by atoms with Gasteiger partial charge in [0.1, 0.15) is 11.6 Å². The summed E-state index contributed by atoms with van der Waals surface area (Å²) >= 11 is 1.14. The molecule has 41 heavy (non-hydrogen) atoms. The van der Waals surface area contributed by atoms with Gasteiger partial charge in [0.25, 0.3) is 0 Å². The number of hydrogen-bond donors (Lipinski definition) is 2. The Morgan fingerprint density at radius 1 is 1.02 bits per heavy atom. The van der Waals surface area contributed by atoms with Crippen molar-refractivity contribution in [2.24, 2.45) is 5.14 Å². The third-order valence-corrected chi connectivity index (χ3v) is 8.64. The third kappa shape index (κ3) is 5.41. The molecule has 5 aromatic rings. The molecule has 1 aliphatic carbocycles. The summed E-state index contributed by atoms with van der Waals surface area (Å²) in [4.78, 5) is 15.5. The smallest absolute Gasteiger partial charge is 0.355 e. The molecule has 6 rings (SSSR count). The van der Waals surface area contributed by atoms with Crippen molar-refractivity contribution < 1.29 is 27.1 Å². The summed E-state index contributed by atoms with van der Waals surface area (Å²) in [6.45, 7) is 0. The molecule has 0 atom stereocenters. The summed E-state index contributed by atoms with van der Waals surface area (Å²) in [5, 5.41) is 21.3. The van der Waals surface area contributed by atoms with Crippen LogP contribution in [-0.2, 0) is 16.4 Å². The first-order chi connectivity index (χ1) is 19.6. The topological polar surface area (TPSA) is 128 Å². The molecule has 208 valence electrons. The maximum atomic E-state index is 15.2. The fourth-order valence-corrected chi connectivity index (χ4v) is 6.06. The van der Waals surface area contributed by atoms with Gasteiger partial charge >= 0.3 is 5.97 Å². The molecule has 0 amide bonds. The van der Waals surface area contributed by atoms with Crippen LogP contribution >= 0.6 is 11.3 Å². The number of halogens is 2. The molecular formula is C29H22F2N4O4S2. The van der Waals surface area contributed by atoms with Crippen molar-refractivity contribution in [3.8, 4) is 27.5 Å². The fraction of sp³-hybridized carbons (Fsp3) is 0.138. The number of thiazole rings is 1. The SMILES string of the molecule is NS(=O)(=O)c1ccc(Cc2c(-c3cccc(-c4ccc(F)cc4)c3)nn(-c3nc(C(=O)O)cs3)c2C2CC2)c(F)c1. The number of sulfonamides is 1. The lowest BCUT2D eigenvalue weighted by Gasteiger charge is -2.10. The number of benzene rings is 3. The van der Waals surface area contributed by atoms with Crippen molar-refractivity contribution in [1.82, 2.24) is 14.8 Å². The van der Waals surface area contributed by atoms with Gasteiger partial charge in [-0.25, -0.2) is 36.8 Å². The van der Waals surface area contributed by atoms with Gasteiger partial charge in [0.15, 0.2) is 5.69 Å². The molecule has 1 aliphatic rings. The number of nitrogens with two attached hydrogens (primary N) is 1. The second-order valence-electron chi connectivity index (χ2n) is 9.78. The molecule has 1 fully saturated rings. The summed E-state index contributed by atoms with van der Waals surface area (Å²) in [6, 6.07) is 17.2. The Balaban J connectivity index is 1.53.